The molecule has 0 aliphatic carbocycles. The Morgan fingerprint density at radius 2 is 1.26 bits per heavy atom. The molecular formula is C15H27LiN2Si. The van der Waals surface area contributed by atoms with E-state index in [1.165, 1.54) is 5.19 Å². The van der Waals surface area contributed by atoms with Gasteiger partial charge in [0.2, 0.25) is 0 Å². The maximum absolute atomic E-state index is 2.53. The van der Waals surface area contributed by atoms with Crippen LogP contribution < -0.4 is 24.0 Å². The van der Waals surface area contributed by atoms with E-state index in [1.54, 1.807) is 5.79 Å². The van der Waals surface area contributed by atoms with Crippen molar-refractivity contribution in [3.8, 4) is 0 Å². The average Bonchev–Trinajstić information content (AvgIpc) is 2.42. The number of nitrogens with zero attached hydrogens (tertiary/aromatic N) is 2. The summed E-state index contributed by atoms with van der Waals surface area (Å²) >= 11 is 0. The molecule has 0 aliphatic rings. The zero-order valence-electron chi connectivity index (χ0n) is 13.3. The number of hydrogen-bond acceptors (Lipinski definition) is 2. The third-order valence-corrected chi connectivity index (χ3v) is 5.55. The van der Waals surface area contributed by atoms with Crippen molar-refractivity contribution < 1.29 is 18.9 Å². The monoisotopic (exact) mass is 270 g/mol. The minimum atomic E-state index is -0.368. The van der Waals surface area contributed by atoms with Crippen LogP contribution in [0.15, 0.2) is 30.3 Å². The van der Waals surface area contributed by atoms with Gasteiger partial charge in [0.25, 0.3) is 0 Å². The third kappa shape index (κ3) is 5.85. The van der Waals surface area contributed by atoms with Crippen LogP contribution >= 0.6 is 0 Å². The normalized spacial score (nSPS) is 11.7. The molecule has 1 aromatic rings. The Hall–Kier alpha value is -0.0457. The van der Waals surface area contributed by atoms with Crippen molar-refractivity contribution in [3.05, 3.63) is 36.1 Å². The fourth-order valence-corrected chi connectivity index (χ4v) is 4.59. The second kappa shape index (κ2) is 10.7. The molecule has 0 amide bonds. The summed E-state index contributed by atoms with van der Waals surface area (Å²) in [5.74, 6) is 1.59. The number of hydrogen-bond donors (Lipinski definition) is 0. The number of benzene rings is 1. The molecule has 0 atom stereocenters. The molecule has 102 valence electrons. The van der Waals surface area contributed by atoms with Crippen LogP contribution in [0.4, 0.5) is 0 Å². The molecule has 0 aromatic heterocycles. The van der Waals surface area contributed by atoms with Gasteiger partial charge in [-0.2, -0.15) is 5.79 Å². The van der Waals surface area contributed by atoms with E-state index >= 15 is 0 Å². The molecule has 1 aromatic carbocycles. The van der Waals surface area contributed by atoms with Crippen LogP contribution in [-0.4, -0.2) is 45.5 Å². The Labute approximate surface area is 133 Å². The summed E-state index contributed by atoms with van der Waals surface area (Å²) in [5.41, 5.74) is 0. The van der Waals surface area contributed by atoms with Crippen LogP contribution in [0.5, 0.6) is 0 Å². The fraction of sp³-hybridized carbons (Fsp3) is 0.533. The molecule has 0 heterocycles. The zero-order chi connectivity index (χ0) is 13.4. The molecule has 0 radical (unpaired) electrons. The van der Waals surface area contributed by atoms with Crippen molar-refractivity contribution >= 4 is 14.7 Å². The Morgan fingerprint density at radius 3 is 1.63 bits per heavy atom. The first kappa shape index (κ1) is 19.0. The van der Waals surface area contributed by atoms with Crippen LogP contribution in [0.2, 0.25) is 0 Å². The molecule has 2 nitrogen and oxygen atoms in total. The van der Waals surface area contributed by atoms with E-state index in [0.29, 0.717) is 0 Å². The van der Waals surface area contributed by atoms with E-state index in [0.717, 1.165) is 26.2 Å². The average molecular weight is 270 g/mol. The topological polar surface area (TPSA) is 6.48 Å². The van der Waals surface area contributed by atoms with Crippen molar-refractivity contribution in [2.45, 2.75) is 27.7 Å². The standard InChI is InChI=1S/C15H27N2Si.Li/c1-5-16(6-2)15(17(7-3)8-4)18-14-12-10-9-11-13-14;/h9-13H,5-8,18H2,1-4H3;/q-1;+1. The quantitative estimate of drug-likeness (QED) is 0.424. The van der Waals surface area contributed by atoms with Gasteiger partial charge in [-0.1, -0.05) is 72.7 Å². The molecule has 0 unspecified atom stereocenters. The number of rotatable bonds is 8. The molecule has 0 N–H and O–H groups in total. The van der Waals surface area contributed by atoms with E-state index in [9.17, 15) is 0 Å². The van der Waals surface area contributed by atoms with Crippen molar-refractivity contribution in [3.63, 3.8) is 0 Å². The molecule has 0 spiro atoms. The first-order valence-electron chi connectivity index (χ1n) is 7.16. The second-order valence-corrected chi connectivity index (χ2v) is 6.23. The van der Waals surface area contributed by atoms with Crippen LogP contribution in [-0.2, 0) is 0 Å². The maximum atomic E-state index is 2.53. The minimum Gasteiger partial charge on any atom is -0.442 e. The Morgan fingerprint density at radius 1 is 0.842 bits per heavy atom. The summed E-state index contributed by atoms with van der Waals surface area (Å²) in [4.78, 5) is 5.07. The van der Waals surface area contributed by atoms with E-state index in [1.807, 2.05) is 0 Å². The second-order valence-electron chi connectivity index (χ2n) is 4.42. The van der Waals surface area contributed by atoms with Gasteiger partial charge < -0.3 is 9.80 Å². The van der Waals surface area contributed by atoms with E-state index in [-0.39, 0.29) is 28.4 Å². The van der Waals surface area contributed by atoms with Crippen LogP contribution in [0.25, 0.3) is 0 Å². The smallest absolute Gasteiger partial charge is 0.442 e. The Bertz CT molecular complexity index is 301. The SMILES string of the molecule is CCN(CC)[C-]([SiH2]c1ccccc1)N(CC)CC.[Li+]. The molecule has 0 bridgehead atoms. The van der Waals surface area contributed by atoms with Gasteiger partial charge in [0, 0.05) is 0 Å². The van der Waals surface area contributed by atoms with E-state index in [2.05, 4.69) is 67.8 Å². The van der Waals surface area contributed by atoms with Gasteiger partial charge in [-0.3, -0.25) is 0 Å². The van der Waals surface area contributed by atoms with Crippen molar-refractivity contribution in [1.82, 2.24) is 9.80 Å². The third-order valence-electron chi connectivity index (χ3n) is 3.46. The van der Waals surface area contributed by atoms with Gasteiger partial charge in [0.05, 0.1) is 0 Å². The predicted octanol–water partition coefficient (Wildman–Crippen LogP) is -1.38. The molecule has 0 saturated carbocycles. The van der Waals surface area contributed by atoms with Crippen LogP contribution in [0.3, 0.4) is 0 Å². The van der Waals surface area contributed by atoms with Crippen molar-refractivity contribution in [1.29, 1.82) is 0 Å². The summed E-state index contributed by atoms with van der Waals surface area (Å²) in [6.07, 6.45) is 0. The van der Waals surface area contributed by atoms with Gasteiger partial charge in [-0.05, 0) is 26.2 Å². The molecule has 0 fully saturated rings. The van der Waals surface area contributed by atoms with Gasteiger partial charge in [-0.15, -0.1) is 0 Å². The van der Waals surface area contributed by atoms with Crippen molar-refractivity contribution in [2.24, 2.45) is 0 Å². The Kier molecular flexibility index (Phi) is 10.7. The molecule has 4 heteroatoms. The first-order valence-corrected chi connectivity index (χ1v) is 8.57. The van der Waals surface area contributed by atoms with Gasteiger partial charge >= 0.3 is 18.9 Å². The molecule has 1 rings (SSSR count). The molecule has 19 heavy (non-hydrogen) atoms. The van der Waals surface area contributed by atoms with Crippen LogP contribution in [0, 0.1) is 5.79 Å². The molecule has 0 saturated heterocycles. The zero-order valence-corrected chi connectivity index (χ0v) is 14.7. The van der Waals surface area contributed by atoms with Gasteiger partial charge in [0.1, 0.15) is 0 Å². The maximum Gasteiger partial charge on any atom is 1.00 e. The van der Waals surface area contributed by atoms with Gasteiger partial charge in [0.15, 0.2) is 0 Å². The summed E-state index contributed by atoms with van der Waals surface area (Å²) in [7, 11) is -0.368. The van der Waals surface area contributed by atoms with Crippen LogP contribution in [0.1, 0.15) is 27.7 Å². The van der Waals surface area contributed by atoms with Crippen molar-refractivity contribution in [2.75, 3.05) is 26.2 Å². The summed E-state index contributed by atoms with van der Waals surface area (Å²) in [6.45, 7) is 13.5. The largest absolute Gasteiger partial charge is 1.00 e. The fourth-order valence-electron chi connectivity index (χ4n) is 2.38. The Balaban J connectivity index is 0.00000324. The summed E-state index contributed by atoms with van der Waals surface area (Å²) < 4.78 is 0. The molecular weight excluding hydrogens is 243 g/mol. The van der Waals surface area contributed by atoms with E-state index < -0.39 is 0 Å². The summed E-state index contributed by atoms with van der Waals surface area (Å²) in [5, 5.41) is 1.53. The van der Waals surface area contributed by atoms with E-state index in [4.69, 9.17) is 0 Å². The minimum absolute atomic E-state index is 0. The first-order chi connectivity index (χ1) is 8.76. The van der Waals surface area contributed by atoms with Gasteiger partial charge in [-0.25, -0.2) is 0 Å². The summed E-state index contributed by atoms with van der Waals surface area (Å²) in [6, 6.07) is 11.0. The predicted molar refractivity (Wildman–Crippen MR) is 83.7 cm³/mol. The molecule has 0 aliphatic heterocycles.